The molecule has 4 N–H and O–H groups in total. The number of unbranched alkanes of at least 4 members (excludes halogenated alkanes) is 2. The molecule has 2 aromatic carbocycles. The summed E-state index contributed by atoms with van der Waals surface area (Å²) in [6, 6.07) is 7.87. The number of halogens is 11. The number of rotatable bonds is 20. The van der Waals surface area contributed by atoms with Gasteiger partial charge in [-0.25, -0.2) is 19.0 Å². The first-order valence-electron chi connectivity index (χ1n) is 17.5. The molecule has 0 aliphatic rings. The number of esters is 1. The van der Waals surface area contributed by atoms with E-state index < -0.39 is 88.1 Å². The van der Waals surface area contributed by atoms with E-state index in [1.165, 1.54) is 46.8 Å². The Labute approximate surface area is 329 Å². The maximum atomic E-state index is 14.4. The number of ether oxygens (including phenoxy) is 4. The summed E-state index contributed by atoms with van der Waals surface area (Å²) in [5, 5.41) is 0.0487. The second-order valence-corrected chi connectivity index (χ2v) is 16.1. The maximum absolute atomic E-state index is 14.4. The molecule has 3 aromatic rings. The molecule has 0 bridgehead atoms. The Morgan fingerprint density at radius 1 is 0.759 bits per heavy atom. The van der Waals surface area contributed by atoms with Crippen molar-refractivity contribution in [2.75, 3.05) is 12.4 Å². The largest absolute Gasteiger partial charge is 0.496 e. The van der Waals surface area contributed by atoms with Crippen LogP contribution in [0.25, 0.3) is 22.1 Å². The van der Waals surface area contributed by atoms with Crippen molar-refractivity contribution in [2.45, 2.75) is 121 Å². The van der Waals surface area contributed by atoms with Crippen molar-refractivity contribution >= 4 is 28.7 Å². The number of fused-ring (bicyclic) bond motifs is 1. The summed E-state index contributed by atoms with van der Waals surface area (Å²) in [4.78, 5) is 25.4. The van der Waals surface area contributed by atoms with Crippen LogP contribution in [0.15, 0.2) is 56.6 Å². The number of hydrogen-bond acceptors (Lipinski definition) is 10. The van der Waals surface area contributed by atoms with Gasteiger partial charge in [-0.05, 0) is 83.7 Å². The van der Waals surface area contributed by atoms with Gasteiger partial charge in [-0.1, -0.05) is 38.0 Å². The molecule has 0 saturated carbocycles. The molecular weight excluding hydrogens is 825 g/mol. The van der Waals surface area contributed by atoms with E-state index in [2.05, 4.69) is 18.9 Å². The third-order valence-corrected chi connectivity index (χ3v) is 9.76. The van der Waals surface area contributed by atoms with Crippen LogP contribution in [0.5, 0.6) is 0 Å². The highest BCUT2D eigenvalue weighted by Crippen LogP contribution is 2.42. The van der Waals surface area contributed by atoms with E-state index in [1.807, 2.05) is 6.92 Å². The van der Waals surface area contributed by atoms with Crippen molar-refractivity contribution in [3.05, 3.63) is 64.0 Å². The standard InChI is InChI=1S/C37H43F11N2O7S/c1-7-8-9-10-21-11-14-24(26(15-21)35(42,43)44)25-16-22-12-13-23(17-27(22)54-28(25)51)58-20-34(40,41)56-37(47,48)57-36(45,46)55-33(38,39)19-53-29(52)32(6,31(4,5)50)18-30(2,3)49/h11-17H,7-10,18-20,49-50H2,1-6H3. The van der Waals surface area contributed by atoms with Crippen molar-refractivity contribution in [3.8, 4) is 11.1 Å². The molecule has 1 heterocycles. The number of thioether (sulfide) groups is 1. The van der Waals surface area contributed by atoms with E-state index in [0.29, 0.717) is 18.4 Å². The van der Waals surface area contributed by atoms with Crippen LogP contribution in [0.3, 0.4) is 0 Å². The van der Waals surface area contributed by atoms with Gasteiger partial charge in [0.25, 0.3) is 0 Å². The molecule has 1 unspecified atom stereocenters. The normalized spacial score (nSPS) is 14.8. The fraction of sp³-hybridized carbons (Fsp3) is 0.568. The smallest absolute Gasteiger partial charge is 0.456 e. The van der Waals surface area contributed by atoms with Crippen LogP contribution in [0.2, 0.25) is 0 Å². The maximum Gasteiger partial charge on any atom is 0.496 e. The molecule has 1 atom stereocenters. The van der Waals surface area contributed by atoms with Gasteiger partial charge in [-0.2, -0.15) is 30.7 Å². The van der Waals surface area contributed by atoms with E-state index >= 15 is 0 Å². The van der Waals surface area contributed by atoms with E-state index in [0.717, 1.165) is 43.2 Å². The molecule has 9 nitrogen and oxygen atoms in total. The van der Waals surface area contributed by atoms with Crippen molar-refractivity contribution in [1.29, 1.82) is 0 Å². The van der Waals surface area contributed by atoms with Crippen LogP contribution >= 0.6 is 11.8 Å². The minimum atomic E-state index is -6.01. The van der Waals surface area contributed by atoms with Gasteiger partial charge in [0.15, 0.2) is 6.61 Å². The van der Waals surface area contributed by atoms with E-state index in [9.17, 15) is 57.9 Å². The number of carbonyl (C=O) groups excluding carboxylic acids is 1. The van der Waals surface area contributed by atoms with Gasteiger partial charge < -0.3 is 20.6 Å². The SMILES string of the molecule is CCCCCc1ccc(-c2cc3ccc(SCC(F)(F)OC(F)(F)OC(F)(F)OC(F)(F)COC(=O)C(C)(CC(C)(C)N)C(C)(C)N)cc3oc2=O)c(C(F)(F)F)c1. The van der Waals surface area contributed by atoms with Gasteiger partial charge in [0.2, 0.25) is 0 Å². The van der Waals surface area contributed by atoms with Gasteiger partial charge in [-0.15, -0.1) is 29.3 Å². The highest BCUT2D eigenvalue weighted by molar-refractivity contribution is 7.99. The zero-order chi connectivity index (χ0) is 44.3. The lowest BCUT2D eigenvalue weighted by Crippen LogP contribution is -2.58. The topological polar surface area (TPSA) is 136 Å². The fourth-order valence-electron chi connectivity index (χ4n) is 5.70. The molecule has 0 amide bonds. The highest BCUT2D eigenvalue weighted by Gasteiger charge is 2.57. The van der Waals surface area contributed by atoms with Crippen molar-refractivity contribution in [3.63, 3.8) is 0 Å². The Morgan fingerprint density at radius 2 is 1.36 bits per heavy atom. The number of carbonyl (C=O) groups is 1. The number of alkyl halides is 11. The predicted octanol–water partition coefficient (Wildman–Crippen LogP) is 10.1. The molecule has 3 rings (SSSR count). The quantitative estimate of drug-likeness (QED) is 0.0282. The Balaban J connectivity index is 1.69. The summed E-state index contributed by atoms with van der Waals surface area (Å²) in [5.74, 6) is -3.18. The van der Waals surface area contributed by atoms with Gasteiger partial charge in [-0.3, -0.25) is 4.79 Å². The third-order valence-electron chi connectivity index (χ3n) is 8.69. The Hall–Kier alpha value is -3.50. The molecule has 58 heavy (non-hydrogen) atoms. The first kappa shape index (κ1) is 48.9. The number of nitrogens with two attached hydrogens (primary N) is 2. The van der Waals surface area contributed by atoms with Crippen LogP contribution < -0.4 is 17.1 Å². The third kappa shape index (κ3) is 13.8. The molecule has 0 saturated heterocycles. The number of benzene rings is 2. The summed E-state index contributed by atoms with van der Waals surface area (Å²) in [5.41, 5.74) is 4.46. The van der Waals surface area contributed by atoms with Crippen molar-refractivity contribution in [1.82, 2.24) is 0 Å². The zero-order valence-electron chi connectivity index (χ0n) is 32.1. The average molecular weight is 869 g/mol. The van der Waals surface area contributed by atoms with Crippen LogP contribution in [0, 0.1) is 5.41 Å². The fourth-order valence-corrected chi connectivity index (χ4v) is 6.45. The van der Waals surface area contributed by atoms with Gasteiger partial charge in [0.05, 0.1) is 22.3 Å². The Bertz CT molecular complexity index is 1960. The molecular formula is C37H43F11N2O7S. The lowest BCUT2D eigenvalue weighted by molar-refractivity contribution is -0.572. The summed E-state index contributed by atoms with van der Waals surface area (Å²) >= 11 is 0.0701. The van der Waals surface area contributed by atoms with E-state index in [4.69, 9.17) is 15.9 Å². The first-order valence-corrected chi connectivity index (χ1v) is 18.4. The van der Waals surface area contributed by atoms with E-state index in [1.54, 1.807) is 0 Å². The molecule has 0 radical (unpaired) electrons. The molecule has 21 heteroatoms. The van der Waals surface area contributed by atoms with Crippen LogP contribution in [-0.2, 0) is 36.3 Å². The van der Waals surface area contributed by atoms with Crippen molar-refractivity contribution < 1.29 is 76.5 Å². The Morgan fingerprint density at radius 3 is 1.91 bits per heavy atom. The summed E-state index contributed by atoms with van der Waals surface area (Å²) < 4.78 is 174. The minimum absolute atomic E-state index is 0.0487. The molecule has 1 aromatic heterocycles. The van der Waals surface area contributed by atoms with Crippen LogP contribution in [0.1, 0.15) is 78.4 Å². The molecule has 0 aliphatic carbocycles. The highest BCUT2D eigenvalue weighted by atomic mass is 32.2. The minimum Gasteiger partial charge on any atom is -0.456 e. The zero-order valence-corrected chi connectivity index (χ0v) is 32.9. The summed E-state index contributed by atoms with van der Waals surface area (Å²) in [6.07, 6.45) is -24.6. The predicted molar refractivity (Wildman–Crippen MR) is 190 cm³/mol. The van der Waals surface area contributed by atoms with E-state index in [-0.39, 0.29) is 34.0 Å². The number of hydrogen-bond donors (Lipinski definition) is 2. The van der Waals surface area contributed by atoms with Gasteiger partial charge >= 0.3 is 42.6 Å². The van der Waals surface area contributed by atoms with Gasteiger partial charge in [0, 0.05) is 26.9 Å². The first-order chi connectivity index (χ1) is 26.2. The lowest BCUT2D eigenvalue weighted by atomic mass is 9.67. The number of aryl methyl sites for hydroxylation is 1. The summed E-state index contributed by atoms with van der Waals surface area (Å²) in [7, 11) is 0. The second kappa shape index (κ2) is 17.6. The molecule has 326 valence electrons. The monoisotopic (exact) mass is 868 g/mol. The molecule has 0 spiro atoms. The van der Waals surface area contributed by atoms with Crippen LogP contribution in [0.4, 0.5) is 48.3 Å². The van der Waals surface area contributed by atoms with Gasteiger partial charge in [0.1, 0.15) is 5.58 Å². The average Bonchev–Trinajstić information content (AvgIpc) is 3.02. The molecule has 0 fully saturated rings. The molecule has 0 aliphatic heterocycles. The summed E-state index contributed by atoms with van der Waals surface area (Å²) in [6.45, 7) is 6.49. The van der Waals surface area contributed by atoms with Crippen LogP contribution in [-0.4, -0.2) is 54.2 Å². The van der Waals surface area contributed by atoms with Crippen molar-refractivity contribution in [2.24, 2.45) is 16.9 Å². The Kier molecular flexibility index (Phi) is 14.8. The second-order valence-electron chi connectivity index (χ2n) is 15.1. The lowest BCUT2D eigenvalue weighted by Gasteiger charge is -2.43.